The molecule has 1 saturated heterocycles. The third-order valence-corrected chi connectivity index (χ3v) is 9.04. The van der Waals surface area contributed by atoms with Gasteiger partial charge in [-0.3, -0.25) is 4.79 Å². The van der Waals surface area contributed by atoms with Crippen LogP contribution in [-0.4, -0.2) is 68.3 Å². The van der Waals surface area contributed by atoms with Crippen molar-refractivity contribution >= 4 is 5.91 Å². The minimum atomic E-state index is -0.0512. The summed E-state index contributed by atoms with van der Waals surface area (Å²) in [5, 5.41) is 0. The highest BCUT2D eigenvalue weighted by Crippen LogP contribution is 2.52. The van der Waals surface area contributed by atoms with Gasteiger partial charge in [-0.05, 0) is 80.3 Å². The summed E-state index contributed by atoms with van der Waals surface area (Å²) in [7, 11) is 3.62. The lowest BCUT2D eigenvalue weighted by atomic mass is 9.56. The number of nitrogens with zero attached hydrogens (tertiary/aromatic N) is 2. The summed E-state index contributed by atoms with van der Waals surface area (Å²) in [6.07, 6.45) is 5.80. The first kappa shape index (κ1) is 26.2. The Balaban J connectivity index is 1.52. The van der Waals surface area contributed by atoms with E-state index in [1.54, 1.807) is 7.11 Å². The van der Waals surface area contributed by atoms with E-state index in [9.17, 15) is 4.79 Å². The molecule has 0 N–H and O–H groups in total. The van der Waals surface area contributed by atoms with E-state index in [4.69, 9.17) is 9.47 Å². The number of carbonyl (C=O) groups is 1. The first-order valence-corrected chi connectivity index (χ1v) is 14.2. The van der Waals surface area contributed by atoms with Gasteiger partial charge in [0.25, 0.3) is 5.91 Å². The van der Waals surface area contributed by atoms with Crippen molar-refractivity contribution in [3.05, 3.63) is 65.7 Å². The van der Waals surface area contributed by atoms with Gasteiger partial charge in [-0.25, -0.2) is 0 Å². The molecule has 0 spiro atoms. The number of methoxy groups -OCH3 is 2. The number of hydrogen-bond acceptors (Lipinski definition) is 4. The molecule has 2 aromatic carbocycles. The predicted molar refractivity (Wildman–Crippen MR) is 148 cm³/mol. The van der Waals surface area contributed by atoms with Crippen LogP contribution >= 0.6 is 0 Å². The number of likely N-dealkylation sites (tertiary alicyclic amines) is 1. The van der Waals surface area contributed by atoms with Crippen LogP contribution in [0.15, 0.2) is 54.6 Å². The lowest BCUT2D eigenvalue weighted by Crippen LogP contribution is -2.62. The van der Waals surface area contributed by atoms with E-state index in [1.165, 1.54) is 24.9 Å². The van der Waals surface area contributed by atoms with Crippen molar-refractivity contribution in [2.45, 2.75) is 63.5 Å². The van der Waals surface area contributed by atoms with Gasteiger partial charge in [0.2, 0.25) is 0 Å². The summed E-state index contributed by atoms with van der Waals surface area (Å²) < 4.78 is 12.0. The van der Waals surface area contributed by atoms with E-state index < -0.39 is 0 Å². The third-order valence-electron chi connectivity index (χ3n) is 9.04. The Kier molecular flexibility index (Phi) is 7.92. The molecule has 5 heteroatoms. The second-order valence-electron chi connectivity index (χ2n) is 12.0. The number of fused-ring (bicyclic) bond motifs is 1. The Morgan fingerprint density at radius 3 is 2.57 bits per heavy atom. The summed E-state index contributed by atoms with van der Waals surface area (Å²) in [4.78, 5) is 18.8. The molecule has 0 bridgehead atoms. The molecule has 200 valence electrons. The molecule has 2 aliphatic carbocycles. The lowest BCUT2D eigenvalue weighted by Gasteiger charge is -2.57. The summed E-state index contributed by atoms with van der Waals surface area (Å²) in [5.74, 6) is 2.70. The summed E-state index contributed by atoms with van der Waals surface area (Å²) in [6.45, 7) is 8.55. The lowest BCUT2D eigenvalue weighted by molar-refractivity contribution is -0.0824. The van der Waals surface area contributed by atoms with Crippen molar-refractivity contribution in [2.75, 3.05) is 40.4 Å². The highest BCUT2D eigenvalue weighted by Gasteiger charge is 2.54. The zero-order valence-electron chi connectivity index (χ0n) is 23.1. The number of piperidine rings is 1. The molecule has 5 rings (SSSR count). The fourth-order valence-electron chi connectivity index (χ4n) is 7.03. The molecular formula is C32H44N2O3. The number of ether oxygens (including phenoxy) is 2. The second-order valence-corrected chi connectivity index (χ2v) is 12.0. The number of hydrogen-bond donors (Lipinski definition) is 0. The SMILES string of the molecule is COc1cccc(C23CCN(CC4CC4)CC2C(OC)C[C@@H](N(CC(C)C)C(=O)c2ccccc2)C3)c1. The highest BCUT2D eigenvalue weighted by atomic mass is 16.5. The molecule has 3 fully saturated rings. The molecule has 1 heterocycles. The predicted octanol–water partition coefficient (Wildman–Crippen LogP) is 5.64. The largest absolute Gasteiger partial charge is 0.497 e. The van der Waals surface area contributed by atoms with Crippen molar-refractivity contribution in [2.24, 2.45) is 17.8 Å². The van der Waals surface area contributed by atoms with Crippen LogP contribution in [0.3, 0.4) is 0 Å². The Morgan fingerprint density at radius 2 is 1.89 bits per heavy atom. The van der Waals surface area contributed by atoms with Gasteiger partial charge >= 0.3 is 0 Å². The van der Waals surface area contributed by atoms with E-state index in [-0.39, 0.29) is 23.5 Å². The maximum absolute atomic E-state index is 13.9. The molecule has 3 aliphatic rings. The third kappa shape index (κ3) is 5.58. The van der Waals surface area contributed by atoms with Crippen LogP contribution in [0.1, 0.15) is 61.9 Å². The van der Waals surface area contributed by atoms with Gasteiger partial charge in [0.1, 0.15) is 5.75 Å². The molecule has 2 aromatic rings. The molecule has 37 heavy (non-hydrogen) atoms. The molecule has 1 aliphatic heterocycles. The van der Waals surface area contributed by atoms with Crippen LogP contribution < -0.4 is 4.74 Å². The number of benzene rings is 2. The Hall–Kier alpha value is -2.37. The minimum absolute atomic E-state index is 0.0512. The molecule has 5 nitrogen and oxygen atoms in total. The fourth-order valence-corrected chi connectivity index (χ4v) is 7.03. The molecule has 0 aromatic heterocycles. The van der Waals surface area contributed by atoms with Gasteiger partial charge in [-0.15, -0.1) is 0 Å². The van der Waals surface area contributed by atoms with Gasteiger partial charge in [-0.2, -0.15) is 0 Å². The summed E-state index contributed by atoms with van der Waals surface area (Å²) >= 11 is 0. The van der Waals surface area contributed by atoms with Crippen molar-refractivity contribution in [3.63, 3.8) is 0 Å². The molecule has 1 amide bonds. The molecular weight excluding hydrogens is 460 g/mol. The Bertz CT molecular complexity index is 1050. The van der Waals surface area contributed by atoms with Gasteiger partial charge in [0.05, 0.1) is 13.2 Å². The van der Waals surface area contributed by atoms with Crippen LogP contribution in [0.5, 0.6) is 5.75 Å². The van der Waals surface area contributed by atoms with Crippen LogP contribution in [0.25, 0.3) is 0 Å². The number of rotatable bonds is 9. The maximum Gasteiger partial charge on any atom is 0.254 e. The minimum Gasteiger partial charge on any atom is -0.497 e. The van der Waals surface area contributed by atoms with E-state index in [0.717, 1.165) is 56.1 Å². The zero-order chi connectivity index (χ0) is 26.0. The monoisotopic (exact) mass is 504 g/mol. The number of carbonyl (C=O) groups excluding carboxylic acids is 1. The van der Waals surface area contributed by atoms with Crippen molar-refractivity contribution < 1.29 is 14.3 Å². The van der Waals surface area contributed by atoms with Crippen molar-refractivity contribution in [1.82, 2.24) is 9.80 Å². The quantitative estimate of drug-likeness (QED) is 0.443. The standard InChI is InChI=1S/C32H44N2O3/c1-23(2)20-34(31(35)25-9-6-5-7-10-25)27-18-30(37-4)29-22-33(21-24-13-14-24)16-15-32(29,19-27)26-11-8-12-28(17-26)36-3/h5-12,17,23-24,27,29-30H,13-16,18-22H2,1-4H3/t27-,29?,30?,32?/m1/s1. The Labute approximate surface area is 223 Å². The summed E-state index contributed by atoms with van der Waals surface area (Å²) in [5.41, 5.74) is 2.06. The van der Waals surface area contributed by atoms with E-state index in [2.05, 4.69) is 41.8 Å². The molecule has 0 radical (unpaired) electrons. The smallest absolute Gasteiger partial charge is 0.254 e. The average molecular weight is 505 g/mol. The van der Waals surface area contributed by atoms with Crippen LogP contribution in [0, 0.1) is 17.8 Å². The first-order chi connectivity index (χ1) is 17.9. The zero-order valence-corrected chi connectivity index (χ0v) is 23.1. The topological polar surface area (TPSA) is 42.0 Å². The van der Waals surface area contributed by atoms with Gasteiger partial charge < -0.3 is 19.3 Å². The highest BCUT2D eigenvalue weighted by molar-refractivity contribution is 5.94. The molecule has 2 saturated carbocycles. The normalized spacial score (nSPS) is 28.1. The van der Waals surface area contributed by atoms with Gasteiger partial charge in [0.15, 0.2) is 0 Å². The van der Waals surface area contributed by atoms with Crippen molar-refractivity contribution in [1.29, 1.82) is 0 Å². The second kappa shape index (κ2) is 11.2. The first-order valence-electron chi connectivity index (χ1n) is 14.2. The van der Waals surface area contributed by atoms with Gasteiger partial charge in [0, 0.05) is 49.7 Å². The van der Waals surface area contributed by atoms with Crippen LogP contribution in [0.4, 0.5) is 0 Å². The molecule has 3 unspecified atom stereocenters. The van der Waals surface area contributed by atoms with Crippen molar-refractivity contribution in [3.8, 4) is 5.75 Å². The fraction of sp³-hybridized carbons (Fsp3) is 0.594. The van der Waals surface area contributed by atoms with E-state index in [1.807, 2.05) is 43.5 Å². The molecule has 4 atom stereocenters. The van der Waals surface area contributed by atoms with Gasteiger partial charge in [-0.1, -0.05) is 44.2 Å². The maximum atomic E-state index is 13.9. The van der Waals surface area contributed by atoms with E-state index in [0.29, 0.717) is 11.8 Å². The average Bonchev–Trinajstić information content (AvgIpc) is 3.75. The summed E-state index contributed by atoms with van der Waals surface area (Å²) in [6, 6.07) is 18.6. The Morgan fingerprint density at radius 1 is 1.11 bits per heavy atom. The van der Waals surface area contributed by atoms with Crippen LogP contribution in [0.2, 0.25) is 0 Å². The van der Waals surface area contributed by atoms with E-state index >= 15 is 0 Å². The number of amides is 1. The van der Waals surface area contributed by atoms with Crippen LogP contribution in [-0.2, 0) is 10.2 Å².